The first-order valence-electron chi connectivity index (χ1n) is 4.76. The number of nitrogens with zero attached hydrogens (tertiary/aromatic N) is 2. The van der Waals surface area contributed by atoms with Crippen LogP contribution in [0.2, 0.25) is 4.47 Å². The number of benzene rings is 1. The number of aromatic nitrogens is 1. The van der Waals surface area contributed by atoms with Crippen LogP contribution in [0.1, 0.15) is 5.56 Å². The van der Waals surface area contributed by atoms with Crippen molar-refractivity contribution in [3.05, 3.63) is 40.2 Å². The van der Waals surface area contributed by atoms with Crippen LogP contribution >= 0.6 is 22.9 Å². The lowest BCUT2D eigenvalue weighted by Crippen LogP contribution is -2.11. The Kier molecular flexibility index (Phi) is 3.71. The van der Waals surface area contributed by atoms with Crippen LogP contribution in [-0.4, -0.2) is 13.4 Å². The van der Waals surface area contributed by atoms with E-state index in [2.05, 4.69) is 9.71 Å². The maximum absolute atomic E-state index is 13.1. The summed E-state index contributed by atoms with van der Waals surface area (Å²) in [5, 5.41) is 8.67. The van der Waals surface area contributed by atoms with Crippen molar-refractivity contribution in [1.29, 1.82) is 5.26 Å². The molecular formula is C10H5ClFN3O2S2. The lowest BCUT2D eigenvalue weighted by atomic mass is 10.2. The Balaban J connectivity index is 2.34. The van der Waals surface area contributed by atoms with Gasteiger partial charge in [0.1, 0.15) is 11.9 Å². The van der Waals surface area contributed by atoms with Crippen molar-refractivity contribution < 1.29 is 12.8 Å². The average molecular weight is 318 g/mol. The molecule has 19 heavy (non-hydrogen) atoms. The van der Waals surface area contributed by atoms with Gasteiger partial charge in [-0.1, -0.05) is 22.9 Å². The van der Waals surface area contributed by atoms with E-state index in [-0.39, 0.29) is 19.9 Å². The molecular weight excluding hydrogens is 313 g/mol. The number of anilines is 1. The largest absolute Gasteiger partial charge is 0.279 e. The Labute approximate surface area is 117 Å². The van der Waals surface area contributed by atoms with Crippen LogP contribution in [0.4, 0.5) is 10.1 Å². The van der Waals surface area contributed by atoms with E-state index in [1.165, 1.54) is 6.07 Å². The Bertz CT molecular complexity index is 767. The number of nitriles is 1. The van der Waals surface area contributed by atoms with Gasteiger partial charge >= 0.3 is 0 Å². The Hall–Kier alpha value is -1.69. The molecule has 0 radical (unpaired) electrons. The van der Waals surface area contributed by atoms with Gasteiger partial charge in [0.2, 0.25) is 0 Å². The summed E-state index contributed by atoms with van der Waals surface area (Å²) in [6.45, 7) is 0. The summed E-state index contributed by atoms with van der Waals surface area (Å²) in [5.74, 6) is -0.716. The van der Waals surface area contributed by atoms with Crippen LogP contribution in [0.3, 0.4) is 0 Å². The molecule has 9 heteroatoms. The predicted octanol–water partition coefficient (Wildman–Crippen LogP) is 2.61. The zero-order valence-electron chi connectivity index (χ0n) is 9.09. The molecule has 0 bridgehead atoms. The highest BCUT2D eigenvalue weighted by Gasteiger charge is 2.18. The van der Waals surface area contributed by atoms with Gasteiger partial charge < -0.3 is 0 Å². The molecule has 1 heterocycles. The molecule has 0 saturated carbocycles. The molecule has 0 fully saturated rings. The van der Waals surface area contributed by atoms with Gasteiger partial charge in [0.25, 0.3) is 10.0 Å². The Morgan fingerprint density at radius 2 is 2.21 bits per heavy atom. The molecule has 2 rings (SSSR count). The number of halogens is 2. The van der Waals surface area contributed by atoms with E-state index in [0.717, 1.165) is 29.7 Å². The van der Waals surface area contributed by atoms with Crippen molar-refractivity contribution in [1.82, 2.24) is 4.98 Å². The quantitative estimate of drug-likeness (QED) is 0.943. The standard InChI is InChI=1S/C10H5ClFN3O2S2/c11-10-14-5-9(18-10)19(16,17)15-7-1-2-8(12)6(3-7)4-13/h1-3,5,15H. The molecule has 0 aliphatic carbocycles. The Morgan fingerprint density at radius 1 is 1.47 bits per heavy atom. The minimum absolute atomic E-state index is 0.0691. The van der Waals surface area contributed by atoms with Crippen molar-refractivity contribution in [3.63, 3.8) is 0 Å². The van der Waals surface area contributed by atoms with Gasteiger partial charge in [0, 0.05) is 0 Å². The fraction of sp³-hybridized carbons (Fsp3) is 0. The second kappa shape index (κ2) is 5.13. The van der Waals surface area contributed by atoms with Crippen LogP contribution in [0, 0.1) is 17.1 Å². The summed E-state index contributed by atoms with van der Waals surface area (Å²) in [5.41, 5.74) is -0.162. The topological polar surface area (TPSA) is 82.9 Å². The SMILES string of the molecule is N#Cc1cc(NS(=O)(=O)c2cnc(Cl)s2)ccc1F. The molecule has 0 saturated heterocycles. The lowest BCUT2D eigenvalue weighted by molar-refractivity contribution is 0.602. The van der Waals surface area contributed by atoms with E-state index in [1.807, 2.05) is 0 Å². The minimum Gasteiger partial charge on any atom is -0.279 e. The smallest absolute Gasteiger partial charge is 0.273 e. The zero-order valence-corrected chi connectivity index (χ0v) is 11.5. The highest BCUT2D eigenvalue weighted by molar-refractivity contribution is 7.94. The zero-order chi connectivity index (χ0) is 14.0. The first-order chi connectivity index (χ1) is 8.92. The molecule has 98 valence electrons. The molecule has 1 N–H and O–H groups in total. The summed E-state index contributed by atoms with van der Waals surface area (Å²) in [4.78, 5) is 3.62. The molecule has 1 aromatic carbocycles. The second-order valence-electron chi connectivity index (χ2n) is 3.34. The van der Waals surface area contributed by atoms with Crippen molar-refractivity contribution in [2.75, 3.05) is 4.72 Å². The van der Waals surface area contributed by atoms with E-state index >= 15 is 0 Å². The highest BCUT2D eigenvalue weighted by Crippen LogP contribution is 2.25. The third kappa shape index (κ3) is 3.01. The summed E-state index contributed by atoms with van der Waals surface area (Å²) in [7, 11) is -3.84. The first-order valence-corrected chi connectivity index (χ1v) is 7.44. The van der Waals surface area contributed by atoms with E-state index in [9.17, 15) is 12.8 Å². The van der Waals surface area contributed by atoms with Gasteiger partial charge in [0.15, 0.2) is 8.68 Å². The molecule has 0 atom stereocenters. The maximum atomic E-state index is 13.1. The third-order valence-electron chi connectivity index (χ3n) is 2.06. The van der Waals surface area contributed by atoms with Gasteiger partial charge in [-0.15, -0.1) is 0 Å². The molecule has 0 spiro atoms. The van der Waals surface area contributed by atoms with Gasteiger partial charge in [-0.25, -0.2) is 17.8 Å². The van der Waals surface area contributed by atoms with Crippen molar-refractivity contribution in [3.8, 4) is 6.07 Å². The fourth-order valence-corrected chi connectivity index (χ4v) is 3.59. The monoisotopic (exact) mass is 317 g/mol. The van der Waals surface area contributed by atoms with Gasteiger partial charge in [0.05, 0.1) is 17.4 Å². The fourth-order valence-electron chi connectivity index (χ4n) is 1.24. The third-order valence-corrected chi connectivity index (χ3v) is 5.02. The van der Waals surface area contributed by atoms with Crippen molar-refractivity contribution in [2.45, 2.75) is 4.21 Å². The van der Waals surface area contributed by atoms with Crippen molar-refractivity contribution in [2.24, 2.45) is 0 Å². The van der Waals surface area contributed by atoms with Crippen LogP contribution < -0.4 is 4.72 Å². The first kappa shape index (κ1) is 13.7. The Morgan fingerprint density at radius 3 is 2.79 bits per heavy atom. The van der Waals surface area contributed by atoms with E-state index in [1.54, 1.807) is 6.07 Å². The summed E-state index contributed by atoms with van der Waals surface area (Å²) >= 11 is 6.35. The maximum Gasteiger partial charge on any atom is 0.273 e. The normalized spacial score (nSPS) is 11.0. The van der Waals surface area contributed by atoms with Gasteiger partial charge in [-0.3, -0.25) is 4.72 Å². The van der Waals surface area contributed by atoms with Gasteiger partial charge in [-0.2, -0.15) is 5.26 Å². The number of rotatable bonds is 3. The molecule has 0 unspecified atom stereocenters. The van der Waals surface area contributed by atoms with E-state index in [0.29, 0.717) is 0 Å². The number of hydrogen-bond donors (Lipinski definition) is 1. The molecule has 0 aliphatic heterocycles. The lowest BCUT2D eigenvalue weighted by Gasteiger charge is -2.06. The number of sulfonamides is 1. The highest BCUT2D eigenvalue weighted by atomic mass is 35.5. The number of nitrogens with one attached hydrogen (secondary N) is 1. The summed E-state index contributed by atoms with van der Waals surface area (Å²) < 4.78 is 39.2. The van der Waals surface area contributed by atoms with E-state index < -0.39 is 15.8 Å². The predicted molar refractivity (Wildman–Crippen MR) is 69.0 cm³/mol. The molecule has 5 nitrogen and oxygen atoms in total. The van der Waals surface area contributed by atoms with Gasteiger partial charge in [-0.05, 0) is 18.2 Å². The molecule has 0 amide bonds. The average Bonchev–Trinajstić information content (AvgIpc) is 2.79. The van der Waals surface area contributed by atoms with Crippen LogP contribution in [-0.2, 0) is 10.0 Å². The second-order valence-corrected chi connectivity index (χ2v) is 6.87. The summed E-state index contributed by atoms with van der Waals surface area (Å²) in [6.07, 6.45) is 1.12. The number of thiazole rings is 1. The van der Waals surface area contributed by atoms with Crippen LogP contribution in [0.5, 0.6) is 0 Å². The molecule has 0 aliphatic rings. The number of hydrogen-bond acceptors (Lipinski definition) is 5. The summed E-state index contributed by atoms with van der Waals surface area (Å²) in [6, 6.07) is 4.96. The van der Waals surface area contributed by atoms with Crippen LogP contribution in [0.15, 0.2) is 28.6 Å². The minimum atomic E-state index is -3.84. The van der Waals surface area contributed by atoms with Crippen LogP contribution in [0.25, 0.3) is 0 Å². The van der Waals surface area contributed by atoms with E-state index in [4.69, 9.17) is 16.9 Å². The van der Waals surface area contributed by atoms with Crippen molar-refractivity contribution >= 4 is 38.6 Å². The molecule has 1 aromatic heterocycles. The molecule has 2 aromatic rings.